The number of aryl methyl sites for hydroxylation is 1. The Morgan fingerprint density at radius 3 is 2.40 bits per heavy atom. The van der Waals surface area contributed by atoms with Crippen molar-refractivity contribution in [2.24, 2.45) is 0 Å². The minimum Gasteiger partial charge on any atom is -0.394 e. The molecule has 0 aliphatic rings. The zero-order chi connectivity index (χ0) is 19.1. The SMILES string of the molecule is Cc1nn(C(C)(C)C)c2nc(C(C)C)cc(C(=O)N(C)C(C)CO)c12. The Morgan fingerprint density at radius 2 is 1.92 bits per heavy atom. The number of aliphatic hydroxyl groups is 1. The third-order valence-electron chi connectivity index (χ3n) is 4.54. The van der Waals surface area contributed by atoms with Gasteiger partial charge in [0, 0.05) is 12.7 Å². The molecule has 0 aromatic carbocycles. The molecule has 0 radical (unpaired) electrons. The lowest BCUT2D eigenvalue weighted by atomic mass is 10.0. The van der Waals surface area contributed by atoms with Crippen molar-refractivity contribution in [3.8, 4) is 0 Å². The molecule has 2 rings (SSSR count). The van der Waals surface area contributed by atoms with Crippen LogP contribution < -0.4 is 0 Å². The number of carbonyl (C=O) groups excluding carboxylic acids is 1. The van der Waals surface area contributed by atoms with Gasteiger partial charge in [-0.05, 0) is 46.6 Å². The highest BCUT2D eigenvalue weighted by atomic mass is 16.3. The topological polar surface area (TPSA) is 71.2 Å². The van der Waals surface area contributed by atoms with Crippen LogP contribution in [-0.2, 0) is 5.54 Å². The zero-order valence-electron chi connectivity index (χ0n) is 16.6. The van der Waals surface area contributed by atoms with E-state index in [2.05, 4.69) is 39.7 Å². The van der Waals surface area contributed by atoms with Crippen molar-refractivity contribution in [2.45, 2.75) is 66.0 Å². The van der Waals surface area contributed by atoms with Crippen molar-refractivity contribution in [2.75, 3.05) is 13.7 Å². The molecule has 1 N–H and O–H groups in total. The third kappa shape index (κ3) is 3.54. The fourth-order valence-corrected chi connectivity index (χ4v) is 2.75. The maximum Gasteiger partial charge on any atom is 0.254 e. The van der Waals surface area contributed by atoms with Crippen LogP contribution in [0, 0.1) is 6.92 Å². The maximum absolute atomic E-state index is 13.1. The second kappa shape index (κ2) is 6.75. The molecule has 1 atom stereocenters. The molecule has 6 heteroatoms. The number of nitrogens with zero attached hydrogens (tertiary/aromatic N) is 4. The first-order chi connectivity index (χ1) is 11.5. The van der Waals surface area contributed by atoms with Crippen molar-refractivity contribution < 1.29 is 9.90 Å². The van der Waals surface area contributed by atoms with Crippen molar-refractivity contribution in [3.63, 3.8) is 0 Å². The summed E-state index contributed by atoms with van der Waals surface area (Å²) in [6.07, 6.45) is 0. The van der Waals surface area contributed by atoms with E-state index >= 15 is 0 Å². The predicted octanol–water partition coefficient (Wildman–Crippen LogP) is 3.07. The number of carbonyl (C=O) groups is 1. The highest BCUT2D eigenvalue weighted by Gasteiger charge is 2.27. The van der Waals surface area contributed by atoms with Gasteiger partial charge in [-0.15, -0.1) is 0 Å². The number of aliphatic hydroxyl groups excluding tert-OH is 1. The Bertz CT molecular complexity index is 787. The Hall–Kier alpha value is -1.95. The summed E-state index contributed by atoms with van der Waals surface area (Å²) in [6, 6.07) is 1.62. The number of rotatable bonds is 4. The molecule has 0 saturated carbocycles. The lowest BCUT2D eigenvalue weighted by molar-refractivity contribution is 0.0684. The Morgan fingerprint density at radius 1 is 1.32 bits per heavy atom. The molecular weight excluding hydrogens is 316 g/mol. The molecule has 1 unspecified atom stereocenters. The van der Waals surface area contributed by atoms with Crippen molar-refractivity contribution in [1.29, 1.82) is 0 Å². The molecule has 138 valence electrons. The van der Waals surface area contributed by atoms with Gasteiger partial charge in [-0.1, -0.05) is 13.8 Å². The van der Waals surface area contributed by atoms with Gasteiger partial charge in [0.25, 0.3) is 5.91 Å². The molecular formula is C19H30N4O2. The molecule has 1 amide bonds. The number of hydrogen-bond donors (Lipinski definition) is 1. The first-order valence-corrected chi connectivity index (χ1v) is 8.77. The van der Waals surface area contributed by atoms with Gasteiger partial charge in [-0.25, -0.2) is 9.67 Å². The van der Waals surface area contributed by atoms with E-state index in [4.69, 9.17) is 4.98 Å². The van der Waals surface area contributed by atoms with E-state index in [0.717, 1.165) is 22.4 Å². The quantitative estimate of drug-likeness (QED) is 0.923. The molecule has 0 aliphatic carbocycles. The van der Waals surface area contributed by atoms with Crippen LogP contribution in [0.2, 0.25) is 0 Å². The molecule has 0 bridgehead atoms. The van der Waals surface area contributed by atoms with E-state index in [9.17, 15) is 9.90 Å². The number of hydrogen-bond acceptors (Lipinski definition) is 4. The summed E-state index contributed by atoms with van der Waals surface area (Å²) < 4.78 is 1.90. The molecule has 0 aliphatic heterocycles. The summed E-state index contributed by atoms with van der Waals surface area (Å²) in [7, 11) is 1.72. The smallest absolute Gasteiger partial charge is 0.254 e. The van der Waals surface area contributed by atoms with Crippen LogP contribution in [-0.4, -0.2) is 50.4 Å². The maximum atomic E-state index is 13.1. The van der Waals surface area contributed by atoms with Crippen molar-refractivity contribution in [3.05, 3.63) is 23.0 Å². The van der Waals surface area contributed by atoms with Crippen LogP contribution >= 0.6 is 0 Å². The van der Waals surface area contributed by atoms with Crippen LogP contribution in [0.25, 0.3) is 11.0 Å². The van der Waals surface area contributed by atoms with E-state index in [-0.39, 0.29) is 30.0 Å². The second-order valence-corrected chi connectivity index (χ2v) is 8.06. The van der Waals surface area contributed by atoms with Gasteiger partial charge in [-0.3, -0.25) is 4.79 Å². The largest absolute Gasteiger partial charge is 0.394 e. The second-order valence-electron chi connectivity index (χ2n) is 8.06. The van der Waals surface area contributed by atoms with Crippen LogP contribution in [0.1, 0.15) is 69.2 Å². The Kier molecular flexibility index (Phi) is 5.23. The van der Waals surface area contributed by atoms with Gasteiger partial charge in [0.2, 0.25) is 0 Å². The van der Waals surface area contributed by atoms with E-state index in [1.54, 1.807) is 11.9 Å². The van der Waals surface area contributed by atoms with E-state index in [0.29, 0.717) is 5.56 Å². The molecule has 0 spiro atoms. The molecule has 2 aromatic heterocycles. The molecule has 2 heterocycles. The molecule has 25 heavy (non-hydrogen) atoms. The Balaban J connectivity index is 2.79. The summed E-state index contributed by atoms with van der Waals surface area (Å²) in [5.74, 6) is 0.0764. The van der Waals surface area contributed by atoms with E-state index in [1.165, 1.54) is 0 Å². The predicted molar refractivity (Wildman–Crippen MR) is 100.0 cm³/mol. The standard InChI is InChI=1S/C19H30N4O2/c1-11(2)15-9-14(18(25)22(8)12(3)10-24)16-13(4)21-23(17(16)20-15)19(5,6)7/h9,11-12,24H,10H2,1-8H3. The van der Waals surface area contributed by atoms with E-state index < -0.39 is 0 Å². The highest BCUT2D eigenvalue weighted by molar-refractivity contribution is 6.06. The number of fused-ring (bicyclic) bond motifs is 1. The summed E-state index contributed by atoms with van der Waals surface area (Å²) >= 11 is 0. The van der Waals surface area contributed by atoms with Gasteiger partial charge in [-0.2, -0.15) is 5.10 Å². The monoisotopic (exact) mass is 346 g/mol. The fraction of sp³-hybridized carbons (Fsp3) is 0.632. The van der Waals surface area contributed by atoms with Crippen LogP contribution in [0.15, 0.2) is 6.07 Å². The average Bonchev–Trinajstić information content (AvgIpc) is 2.89. The minimum atomic E-state index is -0.254. The number of pyridine rings is 1. The van der Waals surface area contributed by atoms with Crippen LogP contribution in [0.3, 0.4) is 0 Å². The Labute approximate surface area is 149 Å². The van der Waals surface area contributed by atoms with Gasteiger partial charge in [0.05, 0.1) is 34.8 Å². The zero-order valence-corrected chi connectivity index (χ0v) is 16.6. The summed E-state index contributed by atoms with van der Waals surface area (Å²) in [4.78, 5) is 19.5. The van der Waals surface area contributed by atoms with Crippen molar-refractivity contribution >= 4 is 16.9 Å². The van der Waals surface area contributed by atoms with Crippen molar-refractivity contribution in [1.82, 2.24) is 19.7 Å². The summed E-state index contributed by atoms with van der Waals surface area (Å²) in [5.41, 5.74) is 2.77. The van der Waals surface area contributed by atoms with Gasteiger partial charge in [0.15, 0.2) is 5.65 Å². The van der Waals surface area contributed by atoms with Crippen LogP contribution in [0.4, 0.5) is 0 Å². The molecule has 6 nitrogen and oxygen atoms in total. The third-order valence-corrected chi connectivity index (χ3v) is 4.54. The summed E-state index contributed by atoms with van der Waals surface area (Å²) in [5, 5.41) is 14.9. The first-order valence-electron chi connectivity index (χ1n) is 8.77. The highest BCUT2D eigenvalue weighted by Crippen LogP contribution is 2.29. The number of amides is 1. The fourth-order valence-electron chi connectivity index (χ4n) is 2.75. The number of aromatic nitrogens is 3. The lowest BCUT2D eigenvalue weighted by Gasteiger charge is -2.24. The lowest BCUT2D eigenvalue weighted by Crippen LogP contribution is -2.37. The summed E-state index contributed by atoms with van der Waals surface area (Å²) in [6.45, 7) is 14.0. The van der Waals surface area contributed by atoms with Gasteiger partial charge >= 0.3 is 0 Å². The first kappa shape index (κ1) is 19.4. The minimum absolute atomic E-state index is 0.0757. The normalized spacial score (nSPS) is 13.5. The average molecular weight is 346 g/mol. The van der Waals surface area contributed by atoms with Gasteiger partial charge in [0.1, 0.15) is 0 Å². The van der Waals surface area contributed by atoms with E-state index in [1.807, 2.05) is 24.6 Å². The molecule has 2 aromatic rings. The molecule has 0 saturated heterocycles. The number of likely N-dealkylation sites (N-methyl/N-ethyl adjacent to an activating group) is 1. The van der Waals surface area contributed by atoms with Gasteiger partial charge < -0.3 is 10.0 Å². The van der Waals surface area contributed by atoms with Crippen LogP contribution in [0.5, 0.6) is 0 Å². The molecule has 0 fully saturated rings.